The van der Waals surface area contributed by atoms with Gasteiger partial charge in [0.1, 0.15) is 18.9 Å². The first-order valence-corrected chi connectivity index (χ1v) is 10.0. The number of fused-ring (bicyclic) bond motifs is 1. The van der Waals surface area contributed by atoms with E-state index in [1.165, 1.54) is 0 Å². The third-order valence-corrected chi connectivity index (χ3v) is 4.98. The molecule has 2 aromatic heterocycles. The average molecular weight is 434 g/mol. The van der Waals surface area contributed by atoms with E-state index in [0.29, 0.717) is 19.7 Å². The Morgan fingerprint density at radius 2 is 2.03 bits per heavy atom. The van der Waals surface area contributed by atoms with E-state index >= 15 is 0 Å². The van der Waals surface area contributed by atoms with Gasteiger partial charge in [-0.1, -0.05) is 11.6 Å². The molecule has 10 nitrogen and oxygen atoms in total. The second kappa shape index (κ2) is 9.14. The highest BCUT2D eigenvalue weighted by atomic mass is 35.5. The largest absolute Gasteiger partial charge is 0.492 e. The van der Waals surface area contributed by atoms with Gasteiger partial charge in [0.2, 0.25) is 0 Å². The zero-order valence-electron chi connectivity index (χ0n) is 17.0. The molecule has 1 aromatic carbocycles. The van der Waals surface area contributed by atoms with Crippen LogP contribution in [0.4, 0.5) is 11.6 Å². The summed E-state index contributed by atoms with van der Waals surface area (Å²) >= 11 is 5.88. The summed E-state index contributed by atoms with van der Waals surface area (Å²) in [6.07, 6.45) is 0. The minimum Gasteiger partial charge on any atom is -0.492 e. The molecule has 1 amide bonds. The van der Waals surface area contributed by atoms with Crippen molar-refractivity contribution in [2.45, 2.75) is 33.5 Å². The number of nitrogen functional groups attached to an aromatic ring is 2. The molecule has 3 aromatic rings. The van der Waals surface area contributed by atoms with E-state index in [2.05, 4.69) is 24.4 Å². The van der Waals surface area contributed by atoms with Gasteiger partial charge in [-0.05, 0) is 26.0 Å². The number of amides is 1. The molecule has 0 saturated carbocycles. The zero-order valence-corrected chi connectivity index (χ0v) is 17.7. The molecule has 3 rings (SSSR count). The SMILES string of the molecule is CCn1c(CNC(=O)c2nc(Cl)c(N)nc2N)[n+](CC)c2ccc(OCCN)cc21. The van der Waals surface area contributed by atoms with Gasteiger partial charge in [-0.3, -0.25) is 4.79 Å². The Labute approximate surface area is 179 Å². The summed E-state index contributed by atoms with van der Waals surface area (Å²) in [4.78, 5) is 20.5. The van der Waals surface area contributed by atoms with E-state index in [0.717, 1.165) is 29.2 Å². The molecule has 0 aliphatic carbocycles. The third-order valence-electron chi connectivity index (χ3n) is 4.70. The van der Waals surface area contributed by atoms with Crippen molar-refractivity contribution in [2.75, 3.05) is 24.6 Å². The van der Waals surface area contributed by atoms with Crippen molar-refractivity contribution in [1.29, 1.82) is 0 Å². The summed E-state index contributed by atoms with van der Waals surface area (Å²) < 4.78 is 9.93. The fraction of sp³-hybridized carbons (Fsp3) is 0.368. The molecule has 0 aliphatic rings. The summed E-state index contributed by atoms with van der Waals surface area (Å²) in [6.45, 7) is 6.69. The van der Waals surface area contributed by atoms with Gasteiger partial charge in [-0.2, -0.15) is 0 Å². The standard InChI is InChI=1S/C19H25ClN8O2/c1-3-27-12-6-5-11(30-8-7-21)9-13(12)28(4-2)14(27)10-24-19(29)15-17(22)26-18(23)16(20)25-15/h5-6,9H,3-4,7-8,10,21H2,1-2H3,(H4-,22,23,24,26,29)/p+1. The maximum atomic E-state index is 12.6. The number of carbonyl (C=O) groups is 1. The molecule has 30 heavy (non-hydrogen) atoms. The van der Waals surface area contributed by atoms with Gasteiger partial charge in [0, 0.05) is 12.6 Å². The van der Waals surface area contributed by atoms with Crippen LogP contribution in [0.2, 0.25) is 5.15 Å². The number of rotatable bonds is 8. The molecule has 160 valence electrons. The van der Waals surface area contributed by atoms with E-state index in [1.54, 1.807) is 0 Å². The van der Waals surface area contributed by atoms with Gasteiger partial charge in [0.25, 0.3) is 11.7 Å². The van der Waals surface area contributed by atoms with Crippen LogP contribution in [0.5, 0.6) is 5.75 Å². The molecule has 2 heterocycles. The predicted molar refractivity (Wildman–Crippen MR) is 115 cm³/mol. The maximum absolute atomic E-state index is 12.6. The van der Waals surface area contributed by atoms with E-state index in [4.69, 9.17) is 33.5 Å². The highest BCUT2D eigenvalue weighted by Gasteiger charge is 2.25. The number of hydrogen-bond donors (Lipinski definition) is 4. The Morgan fingerprint density at radius 1 is 1.27 bits per heavy atom. The lowest BCUT2D eigenvalue weighted by Crippen LogP contribution is -2.40. The molecule has 0 fully saturated rings. The molecule has 7 N–H and O–H groups in total. The van der Waals surface area contributed by atoms with Gasteiger partial charge in [0.05, 0.1) is 13.1 Å². The quantitative estimate of drug-likeness (QED) is 0.384. The molecule has 0 aliphatic heterocycles. The Morgan fingerprint density at radius 3 is 2.70 bits per heavy atom. The van der Waals surface area contributed by atoms with Crippen molar-refractivity contribution in [3.8, 4) is 5.75 Å². The Bertz CT molecular complexity index is 1080. The molecule has 11 heteroatoms. The molecular weight excluding hydrogens is 408 g/mol. The van der Waals surface area contributed by atoms with E-state index < -0.39 is 5.91 Å². The third kappa shape index (κ3) is 4.10. The molecule has 0 spiro atoms. The number of nitrogens with two attached hydrogens (primary N) is 3. The highest BCUT2D eigenvalue weighted by Crippen LogP contribution is 2.22. The smallest absolute Gasteiger partial charge is 0.277 e. The molecule has 0 radical (unpaired) electrons. The highest BCUT2D eigenvalue weighted by molar-refractivity contribution is 6.31. The Kier molecular flexibility index (Phi) is 6.58. The lowest BCUT2D eigenvalue weighted by atomic mass is 10.3. The van der Waals surface area contributed by atoms with Crippen molar-refractivity contribution in [3.05, 3.63) is 34.9 Å². The van der Waals surface area contributed by atoms with Gasteiger partial charge < -0.3 is 27.3 Å². The minimum atomic E-state index is -0.482. The van der Waals surface area contributed by atoms with Crippen LogP contribution >= 0.6 is 11.6 Å². The first-order valence-electron chi connectivity index (χ1n) is 9.65. The van der Waals surface area contributed by atoms with Gasteiger partial charge >= 0.3 is 0 Å². The summed E-state index contributed by atoms with van der Waals surface area (Å²) in [6, 6.07) is 5.90. The molecular formula is C19H26ClN8O2+. The fourth-order valence-electron chi connectivity index (χ4n) is 3.39. The van der Waals surface area contributed by atoms with Gasteiger partial charge in [-0.25, -0.2) is 19.1 Å². The second-order valence-corrected chi connectivity index (χ2v) is 6.87. The van der Waals surface area contributed by atoms with Crippen LogP contribution in [-0.2, 0) is 19.6 Å². The summed E-state index contributed by atoms with van der Waals surface area (Å²) in [5, 5.41) is 2.79. The van der Waals surface area contributed by atoms with Crippen molar-refractivity contribution in [1.82, 2.24) is 19.9 Å². The predicted octanol–water partition coefficient (Wildman–Crippen LogP) is 0.844. The van der Waals surface area contributed by atoms with Crippen LogP contribution in [0.3, 0.4) is 0 Å². The lowest BCUT2D eigenvalue weighted by molar-refractivity contribution is -0.676. The lowest BCUT2D eigenvalue weighted by Gasteiger charge is -2.08. The Hall–Kier alpha value is -3.11. The summed E-state index contributed by atoms with van der Waals surface area (Å²) in [7, 11) is 0. The van der Waals surface area contributed by atoms with Crippen LogP contribution in [0, 0.1) is 0 Å². The zero-order chi connectivity index (χ0) is 21.8. The number of aryl methyl sites for hydroxylation is 2. The number of imidazole rings is 1. The van der Waals surface area contributed by atoms with E-state index in [-0.39, 0.29) is 29.0 Å². The van der Waals surface area contributed by atoms with Gasteiger partial charge in [0.15, 0.2) is 33.5 Å². The minimum absolute atomic E-state index is 0.0201. The molecule has 0 unspecified atom stereocenters. The van der Waals surface area contributed by atoms with Crippen LogP contribution in [-0.4, -0.2) is 33.6 Å². The summed E-state index contributed by atoms with van der Waals surface area (Å²) in [5.74, 6) is 1.10. The average Bonchev–Trinajstić information content (AvgIpc) is 3.04. The monoisotopic (exact) mass is 433 g/mol. The molecule has 0 bridgehead atoms. The number of benzene rings is 1. The number of halogens is 1. The first-order chi connectivity index (χ1) is 14.4. The number of hydrogen-bond acceptors (Lipinski definition) is 7. The van der Waals surface area contributed by atoms with E-state index in [1.807, 2.05) is 32.0 Å². The fourth-order valence-corrected chi connectivity index (χ4v) is 3.51. The number of anilines is 2. The van der Waals surface area contributed by atoms with Crippen LogP contribution in [0.15, 0.2) is 18.2 Å². The molecule has 0 atom stereocenters. The number of ether oxygens (including phenoxy) is 1. The van der Waals surface area contributed by atoms with Crippen molar-refractivity contribution in [3.63, 3.8) is 0 Å². The van der Waals surface area contributed by atoms with Gasteiger partial charge in [-0.15, -0.1) is 0 Å². The van der Waals surface area contributed by atoms with Crippen molar-refractivity contribution in [2.24, 2.45) is 5.73 Å². The Balaban J connectivity index is 1.93. The van der Waals surface area contributed by atoms with Crippen LogP contribution < -0.4 is 31.8 Å². The van der Waals surface area contributed by atoms with Crippen molar-refractivity contribution >= 4 is 40.2 Å². The number of aromatic nitrogens is 4. The topological polar surface area (TPSA) is 151 Å². The summed E-state index contributed by atoms with van der Waals surface area (Å²) in [5.41, 5.74) is 18.9. The van der Waals surface area contributed by atoms with Crippen molar-refractivity contribution < 1.29 is 14.1 Å². The van der Waals surface area contributed by atoms with E-state index in [9.17, 15) is 4.79 Å². The molecule has 0 saturated heterocycles. The second-order valence-electron chi connectivity index (χ2n) is 6.51. The van der Waals surface area contributed by atoms with Crippen LogP contribution in [0.1, 0.15) is 30.2 Å². The first kappa shape index (κ1) is 21.6. The normalized spacial score (nSPS) is 11.1. The maximum Gasteiger partial charge on any atom is 0.277 e. The number of nitrogens with zero attached hydrogens (tertiary/aromatic N) is 4. The number of carbonyl (C=O) groups excluding carboxylic acids is 1. The van der Waals surface area contributed by atoms with Crippen LogP contribution in [0.25, 0.3) is 11.0 Å². The number of nitrogens with one attached hydrogen (secondary N) is 1.